The van der Waals surface area contributed by atoms with Crippen molar-refractivity contribution in [3.05, 3.63) is 255 Å². The molecule has 0 atom stereocenters. The molecule has 0 saturated carbocycles. The lowest BCUT2D eigenvalue weighted by Crippen LogP contribution is -2.10. The Hall–Kier alpha value is -8.92. The largest absolute Gasteiger partial charge is 0.455 e. The summed E-state index contributed by atoms with van der Waals surface area (Å²) in [6.07, 6.45) is 0. The van der Waals surface area contributed by atoms with Crippen LogP contribution in [-0.2, 0) is 0 Å². The van der Waals surface area contributed by atoms with Crippen molar-refractivity contribution in [2.24, 2.45) is 0 Å². The molecule has 0 radical (unpaired) electrons. The van der Waals surface area contributed by atoms with Gasteiger partial charge in [-0.1, -0.05) is 182 Å². The van der Waals surface area contributed by atoms with E-state index in [1.54, 1.807) is 0 Å². The SMILES string of the molecule is c1cc(-c2cccc(N(c3ccc(-c4ccc5ccccc5c4)cc3)c3ccc(-c4cccc5c4oc4ccccc45)cc3)c2)cc(-c2ccccc2-n2c3ccccc3c3ccccc32)c1. The highest BCUT2D eigenvalue weighted by Crippen LogP contribution is 2.42. The lowest BCUT2D eigenvalue weighted by Gasteiger charge is -2.26. The molecule has 314 valence electrons. The Kier molecular flexibility index (Phi) is 9.17. The first-order chi connectivity index (χ1) is 33.2. The minimum absolute atomic E-state index is 0.901. The molecule has 2 aromatic heterocycles. The second kappa shape index (κ2) is 16.0. The summed E-state index contributed by atoms with van der Waals surface area (Å²) in [6.45, 7) is 0. The van der Waals surface area contributed by atoms with Gasteiger partial charge in [-0.05, 0) is 117 Å². The van der Waals surface area contributed by atoms with Gasteiger partial charge < -0.3 is 13.9 Å². The minimum Gasteiger partial charge on any atom is -0.455 e. The van der Waals surface area contributed by atoms with Crippen molar-refractivity contribution in [1.29, 1.82) is 0 Å². The summed E-state index contributed by atoms with van der Waals surface area (Å²) < 4.78 is 8.88. The van der Waals surface area contributed by atoms with E-state index in [-0.39, 0.29) is 0 Å². The van der Waals surface area contributed by atoms with Crippen molar-refractivity contribution >= 4 is 71.6 Å². The number of aromatic nitrogens is 1. The van der Waals surface area contributed by atoms with E-state index in [9.17, 15) is 0 Å². The molecule has 2 heterocycles. The van der Waals surface area contributed by atoms with Crippen LogP contribution in [0.3, 0.4) is 0 Å². The van der Waals surface area contributed by atoms with Crippen LogP contribution >= 0.6 is 0 Å². The Balaban J connectivity index is 0.903. The molecule has 0 fully saturated rings. The van der Waals surface area contributed by atoms with Crippen LogP contribution in [0.15, 0.2) is 259 Å². The van der Waals surface area contributed by atoms with Crippen LogP contribution in [0, 0.1) is 0 Å². The third kappa shape index (κ3) is 6.67. The van der Waals surface area contributed by atoms with Crippen molar-refractivity contribution in [3.8, 4) is 50.2 Å². The summed E-state index contributed by atoms with van der Waals surface area (Å²) in [7, 11) is 0. The van der Waals surface area contributed by atoms with E-state index in [0.29, 0.717) is 0 Å². The van der Waals surface area contributed by atoms with E-state index in [0.717, 1.165) is 72.5 Å². The maximum absolute atomic E-state index is 6.47. The second-order valence-corrected chi connectivity index (χ2v) is 17.3. The molecule has 0 amide bonds. The number of nitrogens with zero attached hydrogens (tertiary/aromatic N) is 2. The van der Waals surface area contributed by atoms with Gasteiger partial charge in [0.1, 0.15) is 11.2 Å². The quantitative estimate of drug-likeness (QED) is 0.152. The highest BCUT2D eigenvalue weighted by atomic mass is 16.3. The number of rotatable bonds is 8. The molecular weight excluding hydrogens is 813 g/mol. The number of benzene rings is 11. The van der Waals surface area contributed by atoms with E-state index in [1.165, 1.54) is 49.3 Å². The zero-order valence-corrected chi connectivity index (χ0v) is 36.6. The number of para-hydroxylation sites is 5. The summed E-state index contributed by atoms with van der Waals surface area (Å²) in [5.41, 5.74) is 17.7. The number of fused-ring (bicyclic) bond motifs is 7. The van der Waals surface area contributed by atoms with Gasteiger partial charge >= 0.3 is 0 Å². The van der Waals surface area contributed by atoms with Gasteiger partial charge in [0, 0.05) is 49.7 Å². The molecule has 67 heavy (non-hydrogen) atoms. The van der Waals surface area contributed by atoms with Crippen molar-refractivity contribution in [1.82, 2.24) is 4.57 Å². The molecule has 0 aliphatic carbocycles. The van der Waals surface area contributed by atoms with Crippen molar-refractivity contribution in [3.63, 3.8) is 0 Å². The molecule has 0 N–H and O–H groups in total. The van der Waals surface area contributed by atoms with Crippen molar-refractivity contribution in [2.45, 2.75) is 0 Å². The molecule has 0 aliphatic heterocycles. The van der Waals surface area contributed by atoms with Crippen LogP contribution in [0.2, 0.25) is 0 Å². The molecule has 0 spiro atoms. The van der Waals surface area contributed by atoms with Crippen molar-refractivity contribution in [2.75, 3.05) is 4.90 Å². The summed E-state index contributed by atoms with van der Waals surface area (Å²) in [5.74, 6) is 0. The Morgan fingerprint density at radius 2 is 0.836 bits per heavy atom. The van der Waals surface area contributed by atoms with Gasteiger partial charge in [0.05, 0.1) is 16.7 Å². The van der Waals surface area contributed by atoms with Gasteiger partial charge in [-0.25, -0.2) is 0 Å². The maximum Gasteiger partial charge on any atom is 0.143 e. The van der Waals surface area contributed by atoms with Gasteiger partial charge in [-0.15, -0.1) is 0 Å². The number of anilines is 3. The zero-order valence-electron chi connectivity index (χ0n) is 36.6. The third-order valence-electron chi connectivity index (χ3n) is 13.4. The number of hydrogen-bond donors (Lipinski definition) is 0. The predicted molar refractivity (Wildman–Crippen MR) is 282 cm³/mol. The van der Waals surface area contributed by atoms with Crippen LogP contribution in [-0.4, -0.2) is 4.57 Å². The Bertz CT molecular complexity index is 3930. The summed E-state index contributed by atoms with van der Waals surface area (Å²) >= 11 is 0. The second-order valence-electron chi connectivity index (χ2n) is 17.3. The van der Waals surface area contributed by atoms with Crippen LogP contribution in [0.25, 0.3) is 105 Å². The van der Waals surface area contributed by atoms with E-state index in [2.05, 4.69) is 252 Å². The Labute approximate surface area is 388 Å². The summed E-state index contributed by atoms with van der Waals surface area (Å²) in [4.78, 5) is 2.36. The Morgan fingerprint density at radius 1 is 0.299 bits per heavy atom. The standard InChI is InChI=1S/C64H42N2O/c1-2-15-46-40-49(31-30-43(46)14-1)44-32-36-51(37-33-44)65(52-38-34-45(35-39-52)55-24-13-25-59-58-23-6-10-29-63(58)67-64(55)59)53-19-12-17-48(42-53)47-16-11-18-50(41-47)54-20-3-7-26-60(54)66-61-27-8-4-21-56(61)57-22-5-9-28-62(57)66/h1-42H. The molecule has 0 bridgehead atoms. The number of hydrogen-bond acceptors (Lipinski definition) is 2. The highest BCUT2D eigenvalue weighted by molar-refractivity contribution is 6.11. The summed E-state index contributed by atoms with van der Waals surface area (Å²) in [5, 5.41) is 7.24. The van der Waals surface area contributed by atoms with E-state index < -0.39 is 0 Å². The van der Waals surface area contributed by atoms with E-state index in [1.807, 2.05) is 12.1 Å². The molecule has 13 rings (SSSR count). The lowest BCUT2D eigenvalue weighted by atomic mass is 9.97. The minimum atomic E-state index is 0.901. The third-order valence-corrected chi connectivity index (χ3v) is 13.4. The fraction of sp³-hybridized carbons (Fsp3) is 0. The van der Waals surface area contributed by atoms with E-state index >= 15 is 0 Å². The van der Waals surface area contributed by atoms with Crippen molar-refractivity contribution < 1.29 is 4.42 Å². The maximum atomic E-state index is 6.47. The average Bonchev–Trinajstić information content (AvgIpc) is 3.95. The first kappa shape index (κ1) is 38.5. The smallest absolute Gasteiger partial charge is 0.143 e. The number of furan rings is 1. The fourth-order valence-electron chi connectivity index (χ4n) is 10.2. The van der Waals surface area contributed by atoms with Gasteiger partial charge in [-0.3, -0.25) is 0 Å². The first-order valence-electron chi connectivity index (χ1n) is 22.9. The normalized spacial score (nSPS) is 11.6. The van der Waals surface area contributed by atoms with Crippen LogP contribution in [0.1, 0.15) is 0 Å². The topological polar surface area (TPSA) is 21.3 Å². The average molecular weight is 855 g/mol. The molecule has 0 unspecified atom stereocenters. The van der Waals surface area contributed by atoms with Crippen LogP contribution in [0.5, 0.6) is 0 Å². The molecule has 13 aromatic rings. The van der Waals surface area contributed by atoms with Gasteiger partial charge in [0.2, 0.25) is 0 Å². The van der Waals surface area contributed by atoms with Crippen LogP contribution in [0.4, 0.5) is 17.1 Å². The van der Waals surface area contributed by atoms with Crippen LogP contribution < -0.4 is 4.90 Å². The Morgan fingerprint density at radius 3 is 1.61 bits per heavy atom. The molecule has 3 nitrogen and oxygen atoms in total. The van der Waals surface area contributed by atoms with E-state index in [4.69, 9.17) is 4.42 Å². The molecular formula is C64H42N2O. The summed E-state index contributed by atoms with van der Waals surface area (Å²) in [6, 6.07) is 91.9. The molecule has 0 aliphatic rings. The fourth-order valence-corrected chi connectivity index (χ4v) is 10.2. The predicted octanol–water partition coefficient (Wildman–Crippen LogP) is 18.0. The van der Waals surface area contributed by atoms with Gasteiger partial charge in [0.25, 0.3) is 0 Å². The highest BCUT2D eigenvalue weighted by Gasteiger charge is 2.18. The van der Waals surface area contributed by atoms with Gasteiger partial charge in [-0.2, -0.15) is 0 Å². The van der Waals surface area contributed by atoms with Gasteiger partial charge in [0.15, 0.2) is 0 Å². The first-order valence-corrected chi connectivity index (χ1v) is 22.9. The molecule has 0 saturated heterocycles. The molecule has 3 heteroatoms. The monoisotopic (exact) mass is 854 g/mol. The molecule has 11 aromatic carbocycles. The zero-order chi connectivity index (χ0) is 44.3. The lowest BCUT2D eigenvalue weighted by molar-refractivity contribution is 0.670.